The van der Waals surface area contributed by atoms with Crippen molar-refractivity contribution in [3.05, 3.63) is 12.4 Å². The Kier molecular flexibility index (Phi) is 4.29. The van der Waals surface area contributed by atoms with Crippen LogP contribution in [0.2, 0.25) is 0 Å². The van der Waals surface area contributed by atoms with Crippen molar-refractivity contribution in [1.29, 1.82) is 0 Å². The maximum atomic E-state index is 10.4. The van der Waals surface area contributed by atoms with Crippen molar-refractivity contribution in [2.24, 2.45) is 11.8 Å². The summed E-state index contributed by atoms with van der Waals surface area (Å²) in [5, 5.41) is 14.6. The fourth-order valence-corrected chi connectivity index (χ4v) is 3.46. The molecule has 0 aliphatic heterocycles. The Morgan fingerprint density at radius 3 is 2.70 bits per heavy atom. The lowest BCUT2D eigenvalue weighted by molar-refractivity contribution is 0.0216. The van der Waals surface area contributed by atoms with Gasteiger partial charge in [-0.25, -0.2) is 0 Å². The van der Waals surface area contributed by atoms with Crippen molar-refractivity contribution in [2.75, 3.05) is 0 Å². The van der Waals surface area contributed by atoms with Crippen LogP contribution in [0.25, 0.3) is 0 Å². The standard InChI is InChI=1S/C16H26N2O2/c1-2-18-11-14(10-17-18)20-16-8-4-6-13-9-12(13)5-3-7-15(16)19/h10-13,15-16,19H,2-9H2,1H3. The lowest BCUT2D eigenvalue weighted by Crippen LogP contribution is -2.32. The van der Waals surface area contributed by atoms with Crippen LogP contribution < -0.4 is 4.74 Å². The van der Waals surface area contributed by atoms with E-state index in [0.29, 0.717) is 0 Å². The highest BCUT2D eigenvalue weighted by Crippen LogP contribution is 2.46. The summed E-state index contributed by atoms with van der Waals surface area (Å²) in [6.07, 6.45) is 11.4. The lowest BCUT2D eigenvalue weighted by Gasteiger charge is -2.24. The van der Waals surface area contributed by atoms with Gasteiger partial charge in [0.2, 0.25) is 0 Å². The first kappa shape index (κ1) is 13.9. The first-order valence-corrected chi connectivity index (χ1v) is 8.13. The van der Waals surface area contributed by atoms with Crippen LogP contribution in [-0.4, -0.2) is 27.1 Å². The van der Waals surface area contributed by atoms with E-state index in [9.17, 15) is 5.11 Å². The van der Waals surface area contributed by atoms with Gasteiger partial charge in [0, 0.05) is 6.54 Å². The molecular formula is C16H26N2O2. The summed E-state index contributed by atoms with van der Waals surface area (Å²) in [4.78, 5) is 0. The van der Waals surface area contributed by atoms with Crippen molar-refractivity contribution in [3.63, 3.8) is 0 Å². The third-order valence-corrected chi connectivity index (χ3v) is 4.86. The summed E-state index contributed by atoms with van der Waals surface area (Å²) in [6, 6.07) is 0. The molecule has 1 N–H and O–H groups in total. The quantitative estimate of drug-likeness (QED) is 0.924. The molecule has 1 heterocycles. The molecule has 2 saturated carbocycles. The van der Waals surface area contributed by atoms with Gasteiger partial charge in [-0.05, 0) is 44.4 Å². The van der Waals surface area contributed by atoms with Gasteiger partial charge in [0.05, 0.1) is 18.5 Å². The Balaban J connectivity index is 1.59. The van der Waals surface area contributed by atoms with Crippen molar-refractivity contribution in [1.82, 2.24) is 9.78 Å². The van der Waals surface area contributed by atoms with Crippen molar-refractivity contribution in [2.45, 2.75) is 70.6 Å². The molecule has 4 atom stereocenters. The molecule has 1 aromatic rings. The largest absolute Gasteiger partial charge is 0.484 e. The molecule has 20 heavy (non-hydrogen) atoms. The molecule has 4 unspecified atom stereocenters. The van der Waals surface area contributed by atoms with Gasteiger partial charge in [-0.1, -0.05) is 19.3 Å². The minimum absolute atomic E-state index is 0.0696. The van der Waals surface area contributed by atoms with Crippen LogP contribution in [0.1, 0.15) is 51.9 Å². The van der Waals surface area contributed by atoms with Gasteiger partial charge < -0.3 is 9.84 Å². The Bertz CT molecular complexity index is 432. The van der Waals surface area contributed by atoms with E-state index in [2.05, 4.69) is 12.0 Å². The summed E-state index contributed by atoms with van der Waals surface area (Å²) in [7, 11) is 0. The summed E-state index contributed by atoms with van der Waals surface area (Å²) in [6.45, 7) is 2.90. The molecule has 0 radical (unpaired) electrons. The minimum Gasteiger partial charge on any atom is -0.484 e. The average molecular weight is 278 g/mol. The van der Waals surface area contributed by atoms with Crippen LogP contribution in [0.15, 0.2) is 12.4 Å². The molecular weight excluding hydrogens is 252 g/mol. The lowest BCUT2D eigenvalue weighted by atomic mass is 9.97. The van der Waals surface area contributed by atoms with Crippen LogP contribution in [-0.2, 0) is 6.54 Å². The second kappa shape index (κ2) is 6.17. The molecule has 0 amide bonds. The summed E-state index contributed by atoms with van der Waals surface area (Å²) in [5.74, 6) is 2.72. The molecule has 0 bridgehead atoms. The van der Waals surface area contributed by atoms with Gasteiger partial charge in [0.15, 0.2) is 5.75 Å². The summed E-state index contributed by atoms with van der Waals surface area (Å²) in [5.41, 5.74) is 0. The maximum absolute atomic E-state index is 10.4. The van der Waals surface area contributed by atoms with Crippen molar-refractivity contribution < 1.29 is 9.84 Å². The topological polar surface area (TPSA) is 47.3 Å². The van der Waals surface area contributed by atoms with Gasteiger partial charge in [0.25, 0.3) is 0 Å². The van der Waals surface area contributed by atoms with Gasteiger partial charge in [0.1, 0.15) is 6.10 Å². The number of rotatable bonds is 3. The Morgan fingerprint density at radius 2 is 2.00 bits per heavy atom. The number of aliphatic hydroxyl groups excluding tert-OH is 1. The molecule has 2 aliphatic rings. The summed E-state index contributed by atoms with van der Waals surface area (Å²) >= 11 is 0. The Labute approximate surface area is 121 Å². The number of aliphatic hydroxyl groups is 1. The first-order valence-electron chi connectivity index (χ1n) is 8.13. The zero-order valence-electron chi connectivity index (χ0n) is 12.4. The third kappa shape index (κ3) is 3.35. The maximum Gasteiger partial charge on any atom is 0.157 e. The number of aromatic nitrogens is 2. The molecule has 1 aromatic heterocycles. The highest BCUT2D eigenvalue weighted by molar-refractivity contribution is 5.12. The Morgan fingerprint density at radius 1 is 1.25 bits per heavy atom. The zero-order chi connectivity index (χ0) is 13.9. The van der Waals surface area contributed by atoms with Crippen molar-refractivity contribution in [3.8, 4) is 5.75 Å². The van der Waals surface area contributed by atoms with Gasteiger partial charge >= 0.3 is 0 Å². The van der Waals surface area contributed by atoms with Crippen LogP contribution in [0, 0.1) is 11.8 Å². The van der Waals surface area contributed by atoms with Gasteiger partial charge in [-0.3, -0.25) is 4.68 Å². The molecule has 2 fully saturated rings. The number of hydrogen-bond donors (Lipinski definition) is 1. The number of hydrogen-bond acceptors (Lipinski definition) is 3. The third-order valence-electron chi connectivity index (χ3n) is 4.86. The number of ether oxygens (including phenoxy) is 1. The van der Waals surface area contributed by atoms with Gasteiger partial charge in [-0.2, -0.15) is 5.10 Å². The van der Waals surface area contributed by atoms with E-state index < -0.39 is 0 Å². The molecule has 112 valence electrons. The van der Waals surface area contributed by atoms with Crippen molar-refractivity contribution >= 4 is 0 Å². The number of nitrogens with zero attached hydrogens (tertiary/aromatic N) is 2. The normalized spacial score (nSPS) is 34.3. The smallest absolute Gasteiger partial charge is 0.157 e. The van der Waals surface area contributed by atoms with Gasteiger partial charge in [-0.15, -0.1) is 0 Å². The van der Waals surface area contributed by atoms with E-state index in [1.165, 1.54) is 25.7 Å². The SMILES string of the molecule is CCn1cc(OC2CCCC3CC3CCCC2O)cn1. The minimum atomic E-state index is -0.338. The zero-order valence-corrected chi connectivity index (χ0v) is 12.4. The highest BCUT2D eigenvalue weighted by atomic mass is 16.5. The highest BCUT2D eigenvalue weighted by Gasteiger charge is 2.37. The molecule has 0 spiro atoms. The monoisotopic (exact) mass is 278 g/mol. The molecule has 4 nitrogen and oxygen atoms in total. The predicted octanol–water partition coefficient (Wildman–Crippen LogP) is 3.00. The average Bonchev–Trinajstić information content (AvgIpc) is 3.03. The second-order valence-electron chi connectivity index (χ2n) is 6.37. The van der Waals surface area contributed by atoms with Crippen LogP contribution in [0.4, 0.5) is 0 Å². The number of fused-ring (bicyclic) bond motifs is 1. The van der Waals surface area contributed by atoms with E-state index >= 15 is 0 Å². The number of aryl methyl sites for hydroxylation is 1. The molecule has 0 aromatic carbocycles. The summed E-state index contributed by atoms with van der Waals surface area (Å²) < 4.78 is 7.86. The molecule has 2 aliphatic carbocycles. The second-order valence-corrected chi connectivity index (χ2v) is 6.37. The molecule has 0 saturated heterocycles. The fourth-order valence-electron chi connectivity index (χ4n) is 3.46. The van der Waals surface area contributed by atoms with E-state index in [1.54, 1.807) is 6.20 Å². The van der Waals surface area contributed by atoms with E-state index in [1.807, 2.05) is 10.9 Å². The Hall–Kier alpha value is -1.03. The van der Waals surface area contributed by atoms with E-state index in [0.717, 1.165) is 43.4 Å². The first-order chi connectivity index (χ1) is 9.76. The predicted molar refractivity (Wildman–Crippen MR) is 77.6 cm³/mol. The van der Waals surface area contributed by atoms with Crippen LogP contribution in [0.3, 0.4) is 0 Å². The molecule has 3 rings (SSSR count). The molecule has 4 heteroatoms. The van der Waals surface area contributed by atoms with E-state index in [4.69, 9.17) is 4.74 Å². The van der Waals surface area contributed by atoms with Crippen LogP contribution >= 0.6 is 0 Å². The van der Waals surface area contributed by atoms with Crippen LogP contribution in [0.5, 0.6) is 5.75 Å². The van der Waals surface area contributed by atoms with E-state index in [-0.39, 0.29) is 12.2 Å². The fraction of sp³-hybridized carbons (Fsp3) is 0.812.